The Morgan fingerprint density at radius 2 is 1.92 bits per heavy atom. The molecule has 2 heterocycles. The molecule has 3 N–H and O–H groups in total. The van der Waals surface area contributed by atoms with Crippen LogP contribution in [0.15, 0.2) is 36.4 Å². The van der Waals surface area contributed by atoms with E-state index in [1.54, 1.807) is 10.4 Å². The predicted octanol–water partition coefficient (Wildman–Crippen LogP) is 1.22. The quantitative estimate of drug-likeness (QED) is 0.846. The molecule has 0 bridgehead atoms. The maximum absolute atomic E-state index is 12.5. The van der Waals surface area contributed by atoms with Crippen LogP contribution in [0, 0.1) is 0 Å². The number of piperidine rings is 1. The van der Waals surface area contributed by atoms with Crippen LogP contribution < -0.4 is 5.73 Å². The van der Waals surface area contributed by atoms with Crippen molar-refractivity contribution in [3.63, 3.8) is 0 Å². The molecule has 1 saturated heterocycles. The minimum atomic E-state index is -3.32. The molecule has 0 unspecified atom stereocenters. The van der Waals surface area contributed by atoms with E-state index in [1.165, 1.54) is 0 Å². The largest absolute Gasteiger partial charge is 0.364 e. The van der Waals surface area contributed by atoms with Gasteiger partial charge in [0.1, 0.15) is 5.69 Å². The second-order valence-corrected chi connectivity index (χ2v) is 7.96. The molecule has 1 aliphatic heterocycles. The van der Waals surface area contributed by atoms with E-state index < -0.39 is 15.9 Å². The summed E-state index contributed by atoms with van der Waals surface area (Å²) in [7, 11) is -3.32. The fraction of sp³-hybridized carbons (Fsp3) is 0.375. The van der Waals surface area contributed by atoms with Gasteiger partial charge in [-0.3, -0.25) is 9.89 Å². The molecule has 1 amide bonds. The molecule has 0 atom stereocenters. The van der Waals surface area contributed by atoms with Crippen molar-refractivity contribution in [1.82, 2.24) is 14.5 Å². The summed E-state index contributed by atoms with van der Waals surface area (Å²) in [6.07, 6.45) is 1.38. The molecule has 8 heteroatoms. The van der Waals surface area contributed by atoms with Gasteiger partial charge in [0, 0.05) is 24.7 Å². The molecule has 1 aromatic heterocycles. The number of carbonyl (C=O) groups excluding carboxylic acids is 1. The van der Waals surface area contributed by atoms with Crippen molar-refractivity contribution in [3.8, 4) is 0 Å². The second kappa shape index (κ2) is 6.74. The summed E-state index contributed by atoms with van der Waals surface area (Å²) in [5.41, 5.74) is 7.04. The molecule has 7 nitrogen and oxygen atoms in total. The highest BCUT2D eigenvalue weighted by Crippen LogP contribution is 2.29. The summed E-state index contributed by atoms with van der Waals surface area (Å²) in [6.45, 7) is 0.926. The molecular weight excluding hydrogens is 328 g/mol. The lowest BCUT2D eigenvalue weighted by atomic mass is 9.94. The number of H-pyrrole nitrogens is 1. The number of hydrogen-bond donors (Lipinski definition) is 2. The van der Waals surface area contributed by atoms with Crippen LogP contribution in [0.2, 0.25) is 0 Å². The van der Waals surface area contributed by atoms with Crippen molar-refractivity contribution in [2.45, 2.75) is 24.5 Å². The number of nitrogens with one attached hydrogen (secondary N) is 1. The van der Waals surface area contributed by atoms with Gasteiger partial charge in [-0.05, 0) is 24.5 Å². The highest BCUT2D eigenvalue weighted by molar-refractivity contribution is 7.88. The Balaban J connectivity index is 1.62. The molecule has 0 aliphatic carbocycles. The van der Waals surface area contributed by atoms with Crippen molar-refractivity contribution in [3.05, 3.63) is 53.3 Å². The molecule has 3 rings (SSSR count). The van der Waals surface area contributed by atoms with Gasteiger partial charge in [0.25, 0.3) is 5.91 Å². The number of benzene rings is 1. The number of primary amides is 1. The molecule has 2 aromatic rings. The molecular formula is C16H20N4O3S. The first-order valence-corrected chi connectivity index (χ1v) is 9.43. The fourth-order valence-electron chi connectivity index (χ4n) is 2.99. The van der Waals surface area contributed by atoms with E-state index in [0.29, 0.717) is 25.9 Å². The summed E-state index contributed by atoms with van der Waals surface area (Å²) >= 11 is 0. The highest BCUT2D eigenvalue weighted by Gasteiger charge is 2.29. The van der Waals surface area contributed by atoms with E-state index in [1.807, 2.05) is 30.3 Å². The lowest BCUT2D eigenvalue weighted by molar-refractivity contribution is 0.0995. The SMILES string of the molecule is NC(=O)c1cc(C2CCN(S(=O)(=O)Cc3ccccc3)CC2)[nH]n1. The first kappa shape index (κ1) is 16.7. The third kappa shape index (κ3) is 3.65. The Morgan fingerprint density at radius 3 is 2.50 bits per heavy atom. The van der Waals surface area contributed by atoms with Gasteiger partial charge in [0.15, 0.2) is 0 Å². The lowest BCUT2D eigenvalue weighted by Gasteiger charge is -2.30. The normalized spacial score (nSPS) is 17.0. The third-order valence-electron chi connectivity index (χ3n) is 4.33. The van der Waals surface area contributed by atoms with Crippen LogP contribution >= 0.6 is 0 Å². The van der Waals surface area contributed by atoms with E-state index in [9.17, 15) is 13.2 Å². The summed E-state index contributed by atoms with van der Waals surface area (Å²) in [4.78, 5) is 11.1. The summed E-state index contributed by atoms with van der Waals surface area (Å²) in [5, 5.41) is 6.71. The second-order valence-electron chi connectivity index (χ2n) is 5.99. The number of sulfonamides is 1. The van der Waals surface area contributed by atoms with Crippen LogP contribution in [0.5, 0.6) is 0 Å². The van der Waals surface area contributed by atoms with Crippen molar-refractivity contribution in [1.29, 1.82) is 0 Å². The van der Waals surface area contributed by atoms with E-state index in [2.05, 4.69) is 10.2 Å². The monoisotopic (exact) mass is 348 g/mol. The number of nitrogens with two attached hydrogens (primary N) is 1. The number of hydrogen-bond acceptors (Lipinski definition) is 4. The zero-order valence-corrected chi connectivity index (χ0v) is 14.0. The third-order valence-corrected chi connectivity index (χ3v) is 6.18. The number of carbonyl (C=O) groups is 1. The number of aromatic nitrogens is 2. The first-order valence-electron chi connectivity index (χ1n) is 7.82. The standard InChI is InChI=1S/C16H20N4O3S/c17-16(21)15-10-14(18-19-15)13-6-8-20(9-7-13)24(22,23)11-12-4-2-1-3-5-12/h1-5,10,13H,6-9,11H2,(H2,17,21)(H,18,19). The van der Waals surface area contributed by atoms with Gasteiger partial charge < -0.3 is 5.73 Å². The molecule has 1 fully saturated rings. The fourth-order valence-corrected chi connectivity index (χ4v) is 4.56. The minimum absolute atomic E-state index is 0.0222. The summed E-state index contributed by atoms with van der Waals surface area (Å²) < 4.78 is 26.6. The van der Waals surface area contributed by atoms with Gasteiger partial charge in [0.2, 0.25) is 10.0 Å². The van der Waals surface area contributed by atoms with Gasteiger partial charge in [-0.2, -0.15) is 5.10 Å². The van der Waals surface area contributed by atoms with E-state index in [0.717, 1.165) is 11.3 Å². The van der Waals surface area contributed by atoms with Crippen LogP contribution in [-0.4, -0.2) is 41.9 Å². The molecule has 0 spiro atoms. The highest BCUT2D eigenvalue weighted by atomic mass is 32.2. The molecule has 0 radical (unpaired) electrons. The Labute approximate surface area is 140 Å². The summed E-state index contributed by atoms with van der Waals surface area (Å²) in [6, 6.07) is 10.8. The minimum Gasteiger partial charge on any atom is -0.364 e. The van der Waals surface area contributed by atoms with Crippen LogP contribution in [0.25, 0.3) is 0 Å². The maximum Gasteiger partial charge on any atom is 0.269 e. The molecule has 1 aromatic carbocycles. The first-order chi connectivity index (χ1) is 11.5. The molecule has 24 heavy (non-hydrogen) atoms. The molecule has 1 aliphatic rings. The van der Waals surface area contributed by atoms with Gasteiger partial charge in [-0.25, -0.2) is 12.7 Å². The van der Waals surface area contributed by atoms with Crippen molar-refractivity contribution >= 4 is 15.9 Å². The van der Waals surface area contributed by atoms with Gasteiger partial charge in [-0.1, -0.05) is 30.3 Å². The van der Waals surface area contributed by atoms with Gasteiger partial charge in [0.05, 0.1) is 5.75 Å². The van der Waals surface area contributed by atoms with E-state index in [-0.39, 0.29) is 17.4 Å². The van der Waals surface area contributed by atoms with Gasteiger partial charge >= 0.3 is 0 Å². The van der Waals surface area contributed by atoms with E-state index >= 15 is 0 Å². The maximum atomic E-state index is 12.5. The van der Waals surface area contributed by atoms with Crippen LogP contribution in [0.4, 0.5) is 0 Å². The van der Waals surface area contributed by atoms with Crippen molar-refractivity contribution < 1.29 is 13.2 Å². The van der Waals surface area contributed by atoms with Crippen LogP contribution in [0.3, 0.4) is 0 Å². The zero-order valence-electron chi connectivity index (χ0n) is 13.2. The molecule has 128 valence electrons. The Morgan fingerprint density at radius 1 is 1.25 bits per heavy atom. The number of aromatic amines is 1. The Kier molecular flexibility index (Phi) is 4.68. The lowest BCUT2D eigenvalue weighted by Crippen LogP contribution is -2.38. The number of amides is 1. The van der Waals surface area contributed by atoms with Crippen LogP contribution in [0.1, 0.15) is 40.5 Å². The number of rotatable bonds is 5. The molecule has 0 saturated carbocycles. The smallest absolute Gasteiger partial charge is 0.269 e. The average molecular weight is 348 g/mol. The van der Waals surface area contributed by atoms with Crippen LogP contribution in [-0.2, 0) is 15.8 Å². The van der Waals surface area contributed by atoms with Crippen molar-refractivity contribution in [2.75, 3.05) is 13.1 Å². The Hall–Kier alpha value is -2.19. The predicted molar refractivity (Wildman–Crippen MR) is 89.7 cm³/mol. The zero-order chi connectivity index (χ0) is 17.2. The van der Waals surface area contributed by atoms with Crippen molar-refractivity contribution in [2.24, 2.45) is 5.73 Å². The number of nitrogens with zero attached hydrogens (tertiary/aromatic N) is 2. The summed E-state index contributed by atoms with van der Waals surface area (Å²) in [5.74, 6) is -0.386. The van der Waals surface area contributed by atoms with E-state index in [4.69, 9.17) is 5.73 Å². The Bertz CT molecular complexity index is 809. The topological polar surface area (TPSA) is 109 Å². The van der Waals surface area contributed by atoms with Gasteiger partial charge in [-0.15, -0.1) is 0 Å². The average Bonchev–Trinajstić information content (AvgIpc) is 3.06.